The van der Waals surface area contributed by atoms with E-state index < -0.39 is 5.54 Å². The Morgan fingerprint density at radius 3 is 2.26 bits per heavy atom. The van der Waals surface area contributed by atoms with Gasteiger partial charge >= 0.3 is 6.03 Å². The molecule has 3 amide bonds. The molecule has 3 heterocycles. The van der Waals surface area contributed by atoms with Crippen molar-refractivity contribution >= 4 is 11.9 Å². The van der Waals surface area contributed by atoms with Crippen LogP contribution in [-0.4, -0.2) is 62.8 Å². The molecule has 2 fully saturated rings. The van der Waals surface area contributed by atoms with E-state index >= 15 is 0 Å². The fourth-order valence-corrected chi connectivity index (χ4v) is 4.20. The van der Waals surface area contributed by atoms with E-state index in [4.69, 9.17) is 0 Å². The lowest BCUT2D eigenvalue weighted by molar-refractivity contribution is -0.136. The number of pyridine rings is 1. The molecule has 0 aromatic carbocycles. The maximum absolute atomic E-state index is 13.3. The average molecular weight is 373 g/mol. The van der Waals surface area contributed by atoms with E-state index in [1.54, 1.807) is 0 Å². The summed E-state index contributed by atoms with van der Waals surface area (Å²) in [5.74, 6) is 0.514. The molecular formula is C21H32N4O2. The van der Waals surface area contributed by atoms with Crippen LogP contribution in [-0.2, 0) is 11.3 Å². The highest BCUT2D eigenvalue weighted by Crippen LogP contribution is 2.38. The Balaban J connectivity index is 1.75. The molecule has 0 bridgehead atoms. The first-order valence-corrected chi connectivity index (χ1v) is 10.1. The van der Waals surface area contributed by atoms with Crippen LogP contribution in [0.4, 0.5) is 4.79 Å². The van der Waals surface area contributed by atoms with Gasteiger partial charge in [-0.15, -0.1) is 0 Å². The minimum Gasteiger partial charge on any atom is -0.309 e. The average Bonchev–Trinajstić information content (AvgIpc) is 2.83. The zero-order chi connectivity index (χ0) is 19.6. The van der Waals surface area contributed by atoms with Gasteiger partial charge in [0.15, 0.2) is 0 Å². The fourth-order valence-electron chi connectivity index (χ4n) is 4.20. The number of aromatic nitrogens is 1. The molecule has 2 aliphatic rings. The molecule has 2 saturated heterocycles. The highest BCUT2D eigenvalue weighted by molar-refractivity contribution is 6.07. The monoisotopic (exact) mass is 372 g/mol. The minimum absolute atomic E-state index is 0.00909. The van der Waals surface area contributed by atoms with Crippen molar-refractivity contribution in [2.45, 2.75) is 65.1 Å². The number of likely N-dealkylation sites (tertiary alicyclic amines) is 1. The van der Waals surface area contributed by atoms with E-state index in [9.17, 15) is 9.59 Å². The van der Waals surface area contributed by atoms with Crippen LogP contribution < -0.4 is 0 Å². The summed E-state index contributed by atoms with van der Waals surface area (Å²) >= 11 is 0. The molecule has 0 aliphatic carbocycles. The van der Waals surface area contributed by atoms with Gasteiger partial charge in [0.2, 0.25) is 0 Å². The van der Waals surface area contributed by atoms with Gasteiger partial charge in [0, 0.05) is 44.6 Å². The number of urea groups is 1. The van der Waals surface area contributed by atoms with Crippen LogP contribution in [0, 0.1) is 5.92 Å². The van der Waals surface area contributed by atoms with Gasteiger partial charge in [-0.3, -0.25) is 19.6 Å². The van der Waals surface area contributed by atoms with E-state index in [2.05, 4.69) is 23.7 Å². The zero-order valence-electron chi connectivity index (χ0n) is 17.0. The van der Waals surface area contributed by atoms with Crippen LogP contribution in [0.1, 0.15) is 52.5 Å². The molecule has 3 rings (SSSR count). The van der Waals surface area contributed by atoms with Gasteiger partial charge in [0.1, 0.15) is 5.54 Å². The molecule has 0 N–H and O–H groups in total. The van der Waals surface area contributed by atoms with Crippen molar-refractivity contribution in [1.29, 1.82) is 0 Å². The number of carbonyl (C=O) groups excluding carboxylic acids is 2. The first kappa shape index (κ1) is 19.8. The van der Waals surface area contributed by atoms with Gasteiger partial charge in [-0.1, -0.05) is 13.8 Å². The largest absolute Gasteiger partial charge is 0.327 e. The third-order valence-electron chi connectivity index (χ3n) is 5.86. The molecule has 1 aromatic heterocycles. The first-order valence-electron chi connectivity index (χ1n) is 10.1. The Hall–Kier alpha value is -1.95. The predicted molar refractivity (Wildman–Crippen MR) is 105 cm³/mol. The lowest BCUT2D eigenvalue weighted by Crippen LogP contribution is -2.56. The van der Waals surface area contributed by atoms with E-state index in [1.807, 2.05) is 43.3 Å². The summed E-state index contributed by atoms with van der Waals surface area (Å²) in [6, 6.07) is 3.87. The predicted octanol–water partition coefficient (Wildman–Crippen LogP) is 3.13. The molecule has 2 aliphatic heterocycles. The third-order valence-corrected chi connectivity index (χ3v) is 5.86. The second kappa shape index (κ2) is 7.97. The van der Waals surface area contributed by atoms with Gasteiger partial charge in [0.25, 0.3) is 5.91 Å². The van der Waals surface area contributed by atoms with Crippen molar-refractivity contribution in [3.63, 3.8) is 0 Å². The summed E-state index contributed by atoms with van der Waals surface area (Å²) < 4.78 is 0. The number of nitrogens with zero attached hydrogens (tertiary/aromatic N) is 4. The Labute approximate surface area is 162 Å². The van der Waals surface area contributed by atoms with E-state index in [1.165, 1.54) is 10.5 Å². The van der Waals surface area contributed by atoms with Crippen LogP contribution in [0.2, 0.25) is 0 Å². The molecule has 1 spiro atoms. The normalized spacial score (nSPS) is 20.5. The molecule has 6 nitrogen and oxygen atoms in total. The summed E-state index contributed by atoms with van der Waals surface area (Å²) in [5.41, 5.74) is 0.584. The SMILES string of the molecule is CC(C)CCN1C(=O)N(C(C)C)C(=O)C12CCN(Cc1ccncc1)CC2. The van der Waals surface area contributed by atoms with E-state index in [0.29, 0.717) is 25.3 Å². The number of rotatable bonds is 6. The minimum atomic E-state index is -0.648. The highest BCUT2D eigenvalue weighted by atomic mass is 16.2. The van der Waals surface area contributed by atoms with Crippen molar-refractivity contribution in [1.82, 2.24) is 19.7 Å². The summed E-state index contributed by atoms with van der Waals surface area (Å²) in [4.78, 5) is 36.1. The van der Waals surface area contributed by atoms with Crippen molar-refractivity contribution in [2.24, 2.45) is 5.92 Å². The van der Waals surface area contributed by atoms with Gasteiger partial charge in [0.05, 0.1) is 0 Å². The molecule has 0 radical (unpaired) electrons. The highest BCUT2D eigenvalue weighted by Gasteiger charge is 2.58. The summed E-state index contributed by atoms with van der Waals surface area (Å²) in [5, 5.41) is 0. The Morgan fingerprint density at radius 1 is 1.07 bits per heavy atom. The number of imide groups is 1. The van der Waals surface area contributed by atoms with Gasteiger partial charge in [-0.25, -0.2) is 4.79 Å². The topological polar surface area (TPSA) is 56.8 Å². The van der Waals surface area contributed by atoms with E-state index in [0.717, 1.165) is 26.1 Å². The second-order valence-electron chi connectivity index (χ2n) is 8.55. The number of hydrogen-bond donors (Lipinski definition) is 0. The maximum Gasteiger partial charge on any atom is 0.327 e. The molecule has 6 heteroatoms. The fraction of sp³-hybridized carbons (Fsp3) is 0.667. The quantitative estimate of drug-likeness (QED) is 0.720. The lowest BCUT2D eigenvalue weighted by Gasteiger charge is -2.42. The van der Waals surface area contributed by atoms with Crippen molar-refractivity contribution in [2.75, 3.05) is 19.6 Å². The summed E-state index contributed by atoms with van der Waals surface area (Å²) in [7, 11) is 0. The van der Waals surface area contributed by atoms with Crippen LogP contribution in [0.3, 0.4) is 0 Å². The van der Waals surface area contributed by atoms with Crippen molar-refractivity contribution < 1.29 is 9.59 Å². The molecule has 0 atom stereocenters. The third kappa shape index (κ3) is 3.86. The van der Waals surface area contributed by atoms with Crippen LogP contribution >= 0.6 is 0 Å². The molecule has 27 heavy (non-hydrogen) atoms. The molecule has 148 valence electrons. The second-order valence-corrected chi connectivity index (χ2v) is 8.55. The first-order chi connectivity index (χ1) is 12.8. The molecule has 1 aromatic rings. The standard InChI is InChI=1S/C21H32N4O2/c1-16(2)7-12-24-20(27)25(17(3)4)19(26)21(24)8-13-23(14-9-21)15-18-5-10-22-11-6-18/h5-6,10-11,16-17H,7-9,12-15H2,1-4H3. The number of carbonyl (C=O) groups is 2. The molecular weight excluding hydrogens is 340 g/mol. The Kier molecular flexibility index (Phi) is 5.84. The zero-order valence-corrected chi connectivity index (χ0v) is 17.0. The van der Waals surface area contributed by atoms with Crippen LogP contribution in [0.15, 0.2) is 24.5 Å². The Morgan fingerprint density at radius 2 is 1.70 bits per heavy atom. The molecule has 0 saturated carbocycles. The number of piperidine rings is 1. The van der Waals surface area contributed by atoms with Crippen molar-refractivity contribution in [3.05, 3.63) is 30.1 Å². The maximum atomic E-state index is 13.3. The number of hydrogen-bond acceptors (Lipinski definition) is 4. The van der Waals surface area contributed by atoms with Crippen LogP contribution in [0.5, 0.6) is 0 Å². The van der Waals surface area contributed by atoms with Gasteiger partial charge in [-0.2, -0.15) is 0 Å². The number of amides is 3. The summed E-state index contributed by atoms with van der Waals surface area (Å²) in [6.07, 6.45) is 5.98. The van der Waals surface area contributed by atoms with Gasteiger partial charge < -0.3 is 4.90 Å². The smallest absolute Gasteiger partial charge is 0.309 e. The van der Waals surface area contributed by atoms with Crippen LogP contribution in [0.25, 0.3) is 0 Å². The molecule has 0 unspecified atom stereocenters. The lowest BCUT2D eigenvalue weighted by atomic mass is 9.85. The van der Waals surface area contributed by atoms with Gasteiger partial charge in [-0.05, 0) is 56.7 Å². The summed E-state index contributed by atoms with van der Waals surface area (Å²) in [6.45, 7) is 11.3. The van der Waals surface area contributed by atoms with Crippen molar-refractivity contribution in [3.8, 4) is 0 Å². The van der Waals surface area contributed by atoms with E-state index in [-0.39, 0.29) is 18.0 Å². The Bertz CT molecular complexity index is 666.